The van der Waals surface area contributed by atoms with Gasteiger partial charge >= 0.3 is 0 Å². The van der Waals surface area contributed by atoms with E-state index in [9.17, 15) is 0 Å². The van der Waals surface area contributed by atoms with Gasteiger partial charge in [0.2, 0.25) is 0 Å². The van der Waals surface area contributed by atoms with E-state index in [1.807, 2.05) is 0 Å². The first-order chi connectivity index (χ1) is 6.99. The van der Waals surface area contributed by atoms with Crippen molar-refractivity contribution in [2.45, 2.75) is 38.6 Å². The van der Waals surface area contributed by atoms with E-state index in [-0.39, 0.29) is 5.54 Å². The summed E-state index contributed by atoms with van der Waals surface area (Å²) in [6.45, 7) is 4.94. The van der Waals surface area contributed by atoms with Crippen LogP contribution < -0.4 is 17.2 Å². The quantitative estimate of drug-likeness (QED) is 0.631. The molecular formula is C10H21N5. The fraction of sp³-hybridized carbons (Fsp3) is 0.700. The zero-order valence-corrected chi connectivity index (χ0v) is 9.53. The van der Waals surface area contributed by atoms with Crippen LogP contribution in [-0.4, -0.2) is 16.3 Å². The van der Waals surface area contributed by atoms with Crippen LogP contribution in [0.3, 0.4) is 0 Å². The molecule has 0 unspecified atom stereocenters. The van der Waals surface area contributed by atoms with E-state index in [1.165, 1.54) is 0 Å². The molecule has 1 aromatic heterocycles. The molecule has 6 N–H and O–H groups in total. The highest BCUT2D eigenvalue weighted by Gasteiger charge is 2.23. The molecule has 1 rings (SSSR count). The fourth-order valence-corrected chi connectivity index (χ4v) is 1.66. The van der Waals surface area contributed by atoms with Crippen molar-refractivity contribution in [3.05, 3.63) is 6.20 Å². The molecule has 1 heterocycles. The minimum Gasteiger partial charge on any atom is -0.394 e. The third kappa shape index (κ3) is 2.62. The number of anilines is 2. The summed E-state index contributed by atoms with van der Waals surface area (Å²) in [6, 6.07) is 0. The molecule has 0 atom stereocenters. The summed E-state index contributed by atoms with van der Waals surface area (Å²) in [5, 5.41) is 4.20. The predicted molar refractivity (Wildman–Crippen MR) is 63.3 cm³/mol. The van der Waals surface area contributed by atoms with Gasteiger partial charge in [0.1, 0.15) is 5.82 Å². The van der Waals surface area contributed by atoms with Gasteiger partial charge in [-0.05, 0) is 39.7 Å². The van der Waals surface area contributed by atoms with Crippen LogP contribution >= 0.6 is 0 Å². The smallest absolute Gasteiger partial charge is 0.145 e. The molecule has 0 bridgehead atoms. The van der Waals surface area contributed by atoms with E-state index in [2.05, 4.69) is 18.9 Å². The Hall–Kier alpha value is -1.23. The molecule has 0 aliphatic carbocycles. The van der Waals surface area contributed by atoms with Crippen LogP contribution in [-0.2, 0) is 5.54 Å². The number of nitrogen functional groups attached to an aromatic ring is 2. The maximum absolute atomic E-state index is 5.84. The van der Waals surface area contributed by atoms with Gasteiger partial charge in [0.15, 0.2) is 0 Å². The number of rotatable bonds is 5. The molecule has 0 fully saturated rings. The van der Waals surface area contributed by atoms with Crippen LogP contribution in [0.25, 0.3) is 0 Å². The number of nitrogens with two attached hydrogens (primary N) is 3. The first kappa shape index (κ1) is 11.8. The first-order valence-electron chi connectivity index (χ1n) is 5.28. The van der Waals surface area contributed by atoms with Gasteiger partial charge in [-0.25, -0.2) is 4.68 Å². The van der Waals surface area contributed by atoms with Gasteiger partial charge in [0, 0.05) is 0 Å². The third-order valence-electron chi connectivity index (χ3n) is 2.65. The predicted octanol–water partition coefficient (Wildman–Crippen LogP) is 0.912. The summed E-state index contributed by atoms with van der Waals surface area (Å²) >= 11 is 0. The summed E-state index contributed by atoms with van der Waals surface area (Å²) in [5.41, 5.74) is 17.4. The van der Waals surface area contributed by atoms with Gasteiger partial charge in [-0.1, -0.05) is 0 Å². The van der Waals surface area contributed by atoms with Crippen LogP contribution in [0.15, 0.2) is 6.20 Å². The fourth-order valence-electron chi connectivity index (χ4n) is 1.66. The van der Waals surface area contributed by atoms with Crippen LogP contribution in [0.1, 0.15) is 33.1 Å². The van der Waals surface area contributed by atoms with Gasteiger partial charge < -0.3 is 17.2 Å². The van der Waals surface area contributed by atoms with E-state index in [4.69, 9.17) is 17.2 Å². The molecule has 0 saturated carbocycles. The van der Waals surface area contributed by atoms with Crippen molar-refractivity contribution in [1.82, 2.24) is 9.78 Å². The zero-order valence-electron chi connectivity index (χ0n) is 9.53. The minimum atomic E-state index is -0.100. The Morgan fingerprint density at radius 1 is 1.33 bits per heavy atom. The normalized spacial score (nSPS) is 11.9. The van der Waals surface area contributed by atoms with Crippen molar-refractivity contribution >= 4 is 11.5 Å². The molecule has 5 nitrogen and oxygen atoms in total. The average Bonchev–Trinajstić information content (AvgIpc) is 2.48. The maximum Gasteiger partial charge on any atom is 0.145 e. The van der Waals surface area contributed by atoms with E-state index in [0.29, 0.717) is 11.5 Å². The standard InChI is InChI=1S/C10H21N5/c1-10(2,5-3-4-6-11)15-9(13)8(12)7-14-15/h7H,3-6,11-13H2,1-2H3. The van der Waals surface area contributed by atoms with Crippen LogP contribution in [0.4, 0.5) is 11.5 Å². The number of nitrogens with zero attached hydrogens (tertiary/aromatic N) is 2. The first-order valence-corrected chi connectivity index (χ1v) is 5.28. The van der Waals surface area contributed by atoms with Crippen molar-refractivity contribution in [2.75, 3.05) is 18.0 Å². The lowest BCUT2D eigenvalue weighted by Crippen LogP contribution is -2.29. The number of aromatic nitrogens is 2. The Kier molecular flexibility index (Phi) is 3.57. The molecule has 1 aromatic rings. The van der Waals surface area contributed by atoms with E-state index in [0.717, 1.165) is 25.8 Å². The van der Waals surface area contributed by atoms with Crippen molar-refractivity contribution in [3.8, 4) is 0 Å². The second kappa shape index (κ2) is 4.53. The highest BCUT2D eigenvalue weighted by molar-refractivity contribution is 5.57. The van der Waals surface area contributed by atoms with Crippen molar-refractivity contribution in [3.63, 3.8) is 0 Å². The van der Waals surface area contributed by atoms with E-state index in [1.54, 1.807) is 10.9 Å². The lowest BCUT2D eigenvalue weighted by Gasteiger charge is -2.26. The molecule has 86 valence electrons. The zero-order chi connectivity index (χ0) is 11.5. The van der Waals surface area contributed by atoms with Crippen LogP contribution in [0.2, 0.25) is 0 Å². The van der Waals surface area contributed by atoms with Crippen LogP contribution in [0.5, 0.6) is 0 Å². The summed E-state index contributed by atoms with van der Waals surface area (Å²) < 4.78 is 1.79. The second-order valence-corrected chi connectivity index (χ2v) is 4.46. The molecule has 5 heteroatoms. The average molecular weight is 211 g/mol. The van der Waals surface area contributed by atoms with Gasteiger partial charge in [-0.15, -0.1) is 0 Å². The molecule has 0 aromatic carbocycles. The largest absolute Gasteiger partial charge is 0.394 e. The second-order valence-electron chi connectivity index (χ2n) is 4.46. The van der Waals surface area contributed by atoms with Gasteiger partial charge in [0.05, 0.1) is 17.4 Å². The Bertz CT molecular complexity index is 316. The molecule has 0 spiro atoms. The topological polar surface area (TPSA) is 95.9 Å². The number of hydrogen-bond acceptors (Lipinski definition) is 4. The monoisotopic (exact) mass is 211 g/mol. The van der Waals surface area contributed by atoms with Crippen molar-refractivity contribution in [1.29, 1.82) is 0 Å². The summed E-state index contributed by atoms with van der Waals surface area (Å²) in [5.74, 6) is 0.549. The lowest BCUT2D eigenvalue weighted by atomic mass is 9.97. The van der Waals surface area contributed by atoms with E-state index >= 15 is 0 Å². The lowest BCUT2D eigenvalue weighted by molar-refractivity contribution is 0.291. The molecule has 0 radical (unpaired) electrons. The Balaban J connectivity index is 2.72. The Morgan fingerprint density at radius 3 is 2.47 bits per heavy atom. The van der Waals surface area contributed by atoms with Crippen molar-refractivity contribution < 1.29 is 0 Å². The summed E-state index contributed by atoms with van der Waals surface area (Å²) in [6.07, 6.45) is 4.69. The highest BCUT2D eigenvalue weighted by Crippen LogP contribution is 2.27. The molecule has 0 aliphatic heterocycles. The third-order valence-corrected chi connectivity index (χ3v) is 2.65. The molecule has 0 saturated heterocycles. The summed E-state index contributed by atoms with van der Waals surface area (Å²) in [4.78, 5) is 0. The van der Waals surface area contributed by atoms with E-state index < -0.39 is 0 Å². The molecule has 0 aliphatic rings. The van der Waals surface area contributed by atoms with Gasteiger partial charge in [-0.3, -0.25) is 0 Å². The summed E-state index contributed by atoms with van der Waals surface area (Å²) in [7, 11) is 0. The van der Waals surface area contributed by atoms with Crippen LogP contribution in [0, 0.1) is 0 Å². The van der Waals surface area contributed by atoms with Gasteiger partial charge in [-0.2, -0.15) is 5.10 Å². The molecular weight excluding hydrogens is 190 g/mol. The SMILES string of the molecule is CC(C)(CCCCN)n1ncc(N)c1N. The Labute approximate surface area is 90.6 Å². The Morgan fingerprint density at radius 2 is 2.00 bits per heavy atom. The number of unbranched alkanes of at least 4 members (excludes halogenated alkanes) is 1. The van der Waals surface area contributed by atoms with Crippen molar-refractivity contribution in [2.24, 2.45) is 5.73 Å². The molecule has 15 heavy (non-hydrogen) atoms. The highest BCUT2D eigenvalue weighted by atomic mass is 15.3. The maximum atomic E-state index is 5.84. The molecule has 0 amide bonds. The van der Waals surface area contributed by atoms with Gasteiger partial charge in [0.25, 0.3) is 0 Å². The number of hydrogen-bond donors (Lipinski definition) is 3. The minimum absolute atomic E-state index is 0.100.